The van der Waals surface area contributed by atoms with Gasteiger partial charge in [-0.25, -0.2) is 4.39 Å². The van der Waals surface area contributed by atoms with Crippen molar-refractivity contribution in [3.8, 4) is 0 Å². The first-order chi connectivity index (χ1) is 8.56. The van der Waals surface area contributed by atoms with Crippen LogP contribution < -0.4 is 11.1 Å². The van der Waals surface area contributed by atoms with Gasteiger partial charge in [0.05, 0.1) is 0 Å². The van der Waals surface area contributed by atoms with Crippen molar-refractivity contribution in [2.24, 2.45) is 10.8 Å². The number of hydrogen-bond donors (Lipinski definition) is 2. The molecule has 6 nitrogen and oxygen atoms in total. The molecule has 0 heterocycles. The molecule has 0 aliphatic rings. The molecule has 0 aliphatic heterocycles. The SMILES string of the molecule is [N-]=[N+]=NCCNC(C(N)=O)c1ccc(Br)cc1F. The van der Waals surface area contributed by atoms with Crippen LogP contribution in [0, 0.1) is 5.82 Å². The van der Waals surface area contributed by atoms with E-state index in [-0.39, 0.29) is 18.7 Å². The van der Waals surface area contributed by atoms with Crippen LogP contribution in [0.4, 0.5) is 4.39 Å². The van der Waals surface area contributed by atoms with E-state index < -0.39 is 17.8 Å². The number of amides is 1. The largest absolute Gasteiger partial charge is 0.368 e. The average Bonchev–Trinajstić information content (AvgIpc) is 2.30. The van der Waals surface area contributed by atoms with Crippen molar-refractivity contribution in [2.75, 3.05) is 13.1 Å². The number of hydrogen-bond acceptors (Lipinski definition) is 3. The second-order valence-corrected chi connectivity index (χ2v) is 4.33. The topological polar surface area (TPSA) is 104 Å². The van der Waals surface area contributed by atoms with E-state index in [4.69, 9.17) is 11.3 Å². The predicted octanol–water partition coefficient (Wildman–Crippen LogP) is 2.01. The zero-order valence-electron chi connectivity index (χ0n) is 9.31. The lowest BCUT2D eigenvalue weighted by Crippen LogP contribution is -2.35. The Hall–Kier alpha value is -1.63. The minimum Gasteiger partial charge on any atom is -0.368 e. The number of halogens is 2. The molecule has 18 heavy (non-hydrogen) atoms. The number of primary amides is 1. The summed E-state index contributed by atoms with van der Waals surface area (Å²) in [5.74, 6) is -1.23. The number of azide groups is 1. The molecule has 1 rings (SSSR count). The third-order valence-corrected chi connectivity index (χ3v) is 2.67. The van der Waals surface area contributed by atoms with E-state index in [9.17, 15) is 9.18 Å². The molecule has 0 saturated carbocycles. The summed E-state index contributed by atoms with van der Waals surface area (Å²) in [6, 6.07) is 3.38. The van der Waals surface area contributed by atoms with E-state index in [0.717, 1.165) is 0 Å². The lowest BCUT2D eigenvalue weighted by molar-refractivity contribution is -0.120. The number of nitrogens with two attached hydrogens (primary N) is 1. The molecule has 0 fully saturated rings. The van der Waals surface area contributed by atoms with Crippen LogP contribution >= 0.6 is 15.9 Å². The van der Waals surface area contributed by atoms with Crippen LogP contribution in [0.15, 0.2) is 27.8 Å². The maximum Gasteiger partial charge on any atom is 0.239 e. The average molecular weight is 316 g/mol. The van der Waals surface area contributed by atoms with Gasteiger partial charge in [-0.2, -0.15) is 0 Å². The summed E-state index contributed by atoms with van der Waals surface area (Å²) in [4.78, 5) is 13.8. The van der Waals surface area contributed by atoms with Crippen molar-refractivity contribution in [2.45, 2.75) is 6.04 Å². The Kier molecular flexibility index (Phi) is 5.57. The van der Waals surface area contributed by atoms with Gasteiger partial charge < -0.3 is 11.1 Å². The van der Waals surface area contributed by atoms with E-state index in [1.54, 1.807) is 6.07 Å². The number of nitrogens with zero attached hydrogens (tertiary/aromatic N) is 3. The van der Waals surface area contributed by atoms with Crippen LogP contribution in [0.1, 0.15) is 11.6 Å². The Morgan fingerprint density at radius 2 is 2.39 bits per heavy atom. The van der Waals surface area contributed by atoms with Crippen LogP contribution in [0.25, 0.3) is 10.4 Å². The van der Waals surface area contributed by atoms with Gasteiger partial charge in [0.25, 0.3) is 0 Å². The predicted molar refractivity (Wildman–Crippen MR) is 68.1 cm³/mol. The molecule has 1 amide bonds. The summed E-state index contributed by atoms with van der Waals surface area (Å²) in [7, 11) is 0. The molecule has 0 saturated heterocycles. The van der Waals surface area contributed by atoms with Crippen LogP contribution in [0.5, 0.6) is 0 Å². The first-order valence-corrected chi connectivity index (χ1v) is 5.84. The summed E-state index contributed by atoms with van der Waals surface area (Å²) >= 11 is 3.12. The van der Waals surface area contributed by atoms with E-state index in [1.807, 2.05) is 0 Å². The molecular formula is C10H11BrFN5O. The highest BCUT2D eigenvalue weighted by molar-refractivity contribution is 9.10. The maximum absolute atomic E-state index is 13.7. The molecule has 1 aromatic rings. The van der Waals surface area contributed by atoms with Crippen molar-refractivity contribution in [3.05, 3.63) is 44.5 Å². The maximum atomic E-state index is 13.7. The van der Waals surface area contributed by atoms with Gasteiger partial charge in [0.1, 0.15) is 11.9 Å². The van der Waals surface area contributed by atoms with Gasteiger partial charge in [0, 0.05) is 28.0 Å². The highest BCUT2D eigenvalue weighted by atomic mass is 79.9. The summed E-state index contributed by atoms with van der Waals surface area (Å²) in [6.07, 6.45) is 0. The standard InChI is InChI=1S/C10H11BrFN5O/c11-6-1-2-7(8(12)5-6)9(10(13)18)15-3-4-16-17-14/h1-2,5,9,15H,3-4H2,(H2,13,18). The van der Waals surface area contributed by atoms with E-state index in [0.29, 0.717) is 4.47 Å². The molecule has 0 radical (unpaired) electrons. The van der Waals surface area contributed by atoms with Gasteiger partial charge in [-0.3, -0.25) is 4.79 Å². The fourth-order valence-corrected chi connectivity index (χ4v) is 1.74. The fourth-order valence-electron chi connectivity index (χ4n) is 1.40. The number of rotatable bonds is 6. The summed E-state index contributed by atoms with van der Waals surface area (Å²) in [5, 5.41) is 6.03. The molecule has 1 aromatic carbocycles. The second kappa shape index (κ2) is 6.95. The van der Waals surface area contributed by atoms with Crippen molar-refractivity contribution in [3.63, 3.8) is 0 Å². The summed E-state index contributed by atoms with van der Waals surface area (Å²) in [5.41, 5.74) is 13.5. The monoisotopic (exact) mass is 315 g/mol. The van der Waals surface area contributed by atoms with E-state index in [1.165, 1.54) is 12.1 Å². The molecule has 96 valence electrons. The Labute approximate surface area is 111 Å². The third kappa shape index (κ3) is 3.99. The lowest BCUT2D eigenvalue weighted by atomic mass is 10.1. The van der Waals surface area contributed by atoms with Crippen molar-refractivity contribution < 1.29 is 9.18 Å². The molecule has 1 unspecified atom stereocenters. The highest BCUT2D eigenvalue weighted by Crippen LogP contribution is 2.20. The number of carbonyl (C=O) groups is 1. The normalized spacial score (nSPS) is 11.7. The smallest absolute Gasteiger partial charge is 0.239 e. The van der Waals surface area contributed by atoms with Gasteiger partial charge in [0.2, 0.25) is 5.91 Å². The van der Waals surface area contributed by atoms with Gasteiger partial charge in [-0.05, 0) is 17.7 Å². The zero-order chi connectivity index (χ0) is 13.5. The molecule has 8 heteroatoms. The number of benzene rings is 1. The lowest BCUT2D eigenvalue weighted by Gasteiger charge is -2.16. The summed E-state index contributed by atoms with van der Waals surface area (Å²) < 4.78 is 14.2. The van der Waals surface area contributed by atoms with E-state index >= 15 is 0 Å². The number of carbonyl (C=O) groups excluding carboxylic acids is 1. The quantitative estimate of drug-likeness (QED) is 0.363. The molecule has 3 N–H and O–H groups in total. The van der Waals surface area contributed by atoms with Crippen LogP contribution in [-0.2, 0) is 4.79 Å². The fraction of sp³-hybridized carbons (Fsp3) is 0.300. The van der Waals surface area contributed by atoms with E-state index in [2.05, 4.69) is 31.3 Å². The van der Waals surface area contributed by atoms with Crippen molar-refractivity contribution in [1.82, 2.24) is 5.32 Å². The van der Waals surface area contributed by atoms with Gasteiger partial charge in [0.15, 0.2) is 0 Å². The van der Waals surface area contributed by atoms with Crippen LogP contribution in [-0.4, -0.2) is 19.0 Å². The summed E-state index contributed by atoms with van der Waals surface area (Å²) in [6.45, 7) is 0.381. The van der Waals surface area contributed by atoms with Gasteiger partial charge in [-0.15, -0.1) is 0 Å². The first-order valence-electron chi connectivity index (χ1n) is 5.04. The van der Waals surface area contributed by atoms with Crippen molar-refractivity contribution in [1.29, 1.82) is 0 Å². The second-order valence-electron chi connectivity index (χ2n) is 3.41. The molecular weight excluding hydrogens is 305 g/mol. The molecule has 0 spiro atoms. The Balaban J connectivity index is 2.84. The number of nitrogens with one attached hydrogen (secondary N) is 1. The first kappa shape index (κ1) is 14.4. The Morgan fingerprint density at radius 3 is 2.94 bits per heavy atom. The minimum absolute atomic E-state index is 0.151. The Morgan fingerprint density at radius 1 is 1.67 bits per heavy atom. The third-order valence-electron chi connectivity index (χ3n) is 2.18. The molecule has 0 aromatic heterocycles. The molecule has 0 bridgehead atoms. The van der Waals surface area contributed by atoms with Crippen LogP contribution in [0.2, 0.25) is 0 Å². The molecule has 0 aliphatic carbocycles. The van der Waals surface area contributed by atoms with Crippen molar-refractivity contribution >= 4 is 21.8 Å². The minimum atomic E-state index is -0.952. The van der Waals surface area contributed by atoms with Crippen LogP contribution in [0.3, 0.4) is 0 Å². The van der Waals surface area contributed by atoms with Gasteiger partial charge >= 0.3 is 0 Å². The zero-order valence-corrected chi connectivity index (χ0v) is 10.9. The Bertz CT molecular complexity index is 489. The highest BCUT2D eigenvalue weighted by Gasteiger charge is 2.20. The molecule has 1 atom stereocenters. The van der Waals surface area contributed by atoms with Gasteiger partial charge in [-0.1, -0.05) is 27.1 Å².